The number of H-pyrrole nitrogens is 2. The lowest BCUT2D eigenvalue weighted by Crippen LogP contribution is -2.17. The smallest absolute Gasteiger partial charge is 0.357 e. The molecule has 0 unspecified atom stereocenters. The molecule has 0 saturated heterocycles. The molecular weight excluding hydrogens is 262 g/mol. The number of hydrogen-bond donors (Lipinski definition) is 4. The van der Waals surface area contributed by atoms with Crippen LogP contribution in [0.5, 0.6) is 0 Å². The van der Waals surface area contributed by atoms with Crippen LogP contribution in [0.4, 0.5) is 5.82 Å². The Balaban J connectivity index is 2.47. The van der Waals surface area contributed by atoms with Crippen LogP contribution < -0.4 is 4.72 Å². The first-order valence-corrected chi connectivity index (χ1v) is 6.20. The highest BCUT2D eigenvalue weighted by Gasteiger charge is 2.28. The lowest BCUT2D eigenvalue weighted by Gasteiger charge is -2.05. The number of nitrogens with zero attached hydrogens (tertiary/aromatic N) is 2. The summed E-state index contributed by atoms with van der Waals surface area (Å²) in [6, 6.07) is 1.40. The van der Waals surface area contributed by atoms with E-state index in [0.717, 1.165) is 0 Å². The third-order valence-corrected chi connectivity index (χ3v) is 3.63. The van der Waals surface area contributed by atoms with Crippen LogP contribution in [0.15, 0.2) is 17.2 Å². The molecule has 10 heteroatoms. The minimum absolute atomic E-state index is 0.131. The zero-order valence-corrected chi connectivity index (χ0v) is 9.95. The molecule has 0 aromatic carbocycles. The first-order valence-electron chi connectivity index (χ1n) is 4.72. The van der Waals surface area contributed by atoms with Gasteiger partial charge in [-0.2, -0.15) is 10.2 Å². The predicted molar refractivity (Wildman–Crippen MR) is 59.7 cm³/mol. The molecule has 9 nitrogen and oxygen atoms in total. The number of aryl methyl sites for hydroxylation is 1. The van der Waals surface area contributed by atoms with Crippen molar-refractivity contribution in [1.29, 1.82) is 0 Å². The van der Waals surface area contributed by atoms with Gasteiger partial charge in [0, 0.05) is 6.07 Å². The van der Waals surface area contributed by atoms with Crippen molar-refractivity contribution in [2.75, 3.05) is 4.72 Å². The fourth-order valence-corrected chi connectivity index (χ4v) is 2.74. The number of hydrogen-bond acceptors (Lipinski definition) is 5. The van der Waals surface area contributed by atoms with Gasteiger partial charge in [0.05, 0.1) is 11.9 Å². The van der Waals surface area contributed by atoms with Gasteiger partial charge < -0.3 is 5.11 Å². The Morgan fingerprint density at radius 1 is 1.44 bits per heavy atom. The predicted octanol–water partition coefficient (Wildman–Crippen LogP) is -0.0598. The van der Waals surface area contributed by atoms with Crippen molar-refractivity contribution in [2.45, 2.75) is 11.8 Å². The molecule has 0 aliphatic rings. The zero-order chi connectivity index (χ0) is 13.3. The van der Waals surface area contributed by atoms with Crippen LogP contribution in [-0.4, -0.2) is 39.9 Å². The van der Waals surface area contributed by atoms with Gasteiger partial charge in [-0.25, -0.2) is 13.2 Å². The van der Waals surface area contributed by atoms with E-state index in [4.69, 9.17) is 5.11 Å². The van der Waals surface area contributed by atoms with E-state index in [1.807, 2.05) is 0 Å². The summed E-state index contributed by atoms with van der Waals surface area (Å²) in [7, 11) is -4.04. The average molecular weight is 271 g/mol. The van der Waals surface area contributed by atoms with E-state index in [2.05, 4.69) is 25.1 Å². The third-order valence-electron chi connectivity index (χ3n) is 2.11. The summed E-state index contributed by atoms with van der Waals surface area (Å²) < 4.78 is 26.2. The van der Waals surface area contributed by atoms with Crippen LogP contribution in [0, 0.1) is 6.92 Å². The van der Waals surface area contributed by atoms with Gasteiger partial charge in [0.25, 0.3) is 10.0 Å². The summed E-state index contributed by atoms with van der Waals surface area (Å²) in [6.45, 7) is 1.42. The van der Waals surface area contributed by atoms with Gasteiger partial charge in [0.2, 0.25) is 0 Å². The molecule has 18 heavy (non-hydrogen) atoms. The van der Waals surface area contributed by atoms with Gasteiger partial charge in [-0.3, -0.25) is 14.9 Å². The summed E-state index contributed by atoms with van der Waals surface area (Å²) in [4.78, 5) is 10.5. The van der Waals surface area contributed by atoms with Gasteiger partial charge in [-0.05, 0) is 6.92 Å². The van der Waals surface area contributed by atoms with Gasteiger partial charge in [-0.1, -0.05) is 0 Å². The molecule has 2 aromatic heterocycles. The molecule has 0 amide bonds. The fourth-order valence-electron chi connectivity index (χ4n) is 1.40. The van der Waals surface area contributed by atoms with E-state index in [0.29, 0.717) is 0 Å². The molecule has 0 saturated carbocycles. The summed E-state index contributed by atoms with van der Waals surface area (Å²) in [5.74, 6) is -1.30. The highest BCUT2D eigenvalue weighted by Crippen LogP contribution is 2.20. The Labute approximate surface area is 101 Å². The summed E-state index contributed by atoms with van der Waals surface area (Å²) >= 11 is 0. The molecular formula is C8H9N5O4S. The summed E-state index contributed by atoms with van der Waals surface area (Å²) in [6.07, 6.45) is 1.36. The largest absolute Gasteiger partial charge is 0.476 e. The maximum atomic E-state index is 12.0. The number of sulfonamides is 1. The number of carboxylic acid groups (broad SMARTS) is 1. The first kappa shape index (κ1) is 12.1. The third kappa shape index (κ3) is 2.05. The lowest BCUT2D eigenvalue weighted by atomic mass is 10.4. The molecule has 0 radical (unpaired) electrons. The molecule has 0 atom stereocenters. The van der Waals surface area contributed by atoms with Gasteiger partial charge >= 0.3 is 5.97 Å². The Morgan fingerprint density at radius 2 is 2.17 bits per heavy atom. The summed E-state index contributed by atoms with van der Waals surface area (Å²) in [5, 5.41) is 20.6. The maximum Gasteiger partial charge on any atom is 0.357 e. The van der Waals surface area contributed by atoms with E-state index in [1.165, 1.54) is 19.2 Å². The number of carboxylic acids is 1. The van der Waals surface area contributed by atoms with E-state index >= 15 is 0 Å². The van der Waals surface area contributed by atoms with Crippen molar-refractivity contribution < 1.29 is 18.3 Å². The van der Waals surface area contributed by atoms with E-state index < -0.39 is 26.6 Å². The maximum absolute atomic E-state index is 12.0. The minimum Gasteiger partial charge on any atom is -0.476 e. The molecule has 2 aromatic rings. The van der Waals surface area contributed by atoms with E-state index in [9.17, 15) is 13.2 Å². The zero-order valence-electron chi connectivity index (χ0n) is 9.13. The monoisotopic (exact) mass is 271 g/mol. The first-order chi connectivity index (χ1) is 8.42. The van der Waals surface area contributed by atoms with Crippen molar-refractivity contribution in [3.8, 4) is 0 Å². The number of aromatic carboxylic acids is 1. The van der Waals surface area contributed by atoms with Crippen LogP contribution in [-0.2, 0) is 10.0 Å². The normalized spacial score (nSPS) is 11.4. The highest BCUT2D eigenvalue weighted by atomic mass is 32.2. The topological polar surface area (TPSA) is 141 Å². The molecule has 0 spiro atoms. The number of rotatable bonds is 4. The van der Waals surface area contributed by atoms with Crippen LogP contribution in [0.25, 0.3) is 0 Å². The lowest BCUT2D eigenvalue weighted by molar-refractivity contribution is 0.0686. The van der Waals surface area contributed by atoms with Crippen LogP contribution in [0.2, 0.25) is 0 Å². The van der Waals surface area contributed by atoms with Crippen molar-refractivity contribution >= 4 is 21.8 Å². The van der Waals surface area contributed by atoms with Crippen LogP contribution in [0.1, 0.15) is 16.2 Å². The Kier molecular flexibility index (Phi) is 2.79. The number of aromatic amines is 2. The van der Waals surface area contributed by atoms with Crippen molar-refractivity contribution in [1.82, 2.24) is 20.4 Å². The van der Waals surface area contributed by atoms with Gasteiger partial charge in [0.1, 0.15) is 10.7 Å². The number of carbonyl (C=O) groups is 1. The van der Waals surface area contributed by atoms with Crippen LogP contribution in [0.3, 0.4) is 0 Å². The van der Waals surface area contributed by atoms with Crippen molar-refractivity contribution in [3.05, 3.63) is 23.7 Å². The van der Waals surface area contributed by atoms with E-state index in [-0.39, 0.29) is 11.5 Å². The Bertz CT molecular complexity index is 672. The summed E-state index contributed by atoms with van der Waals surface area (Å²) in [5.41, 5.74) is -0.418. The number of nitrogens with one attached hydrogen (secondary N) is 3. The quantitative estimate of drug-likeness (QED) is 0.614. The molecule has 2 rings (SSSR count). The van der Waals surface area contributed by atoms with Crippen LogP contribution >= 0.6 is 0 Å². The Morgan fingerprint density at radius 3 is 2.72 bits per heavy atom. The average Bonchev–Trinajstić information content (AvgIpc) is 2.86. The second-order valence-electron chi connectivity index (χ2n) is 3.41. The fraction of sp³-hybridized carbons (Fsp3) is 0.125. The number of anilines is 1. The van der Waals surface area contributed by atoms with Gasteiger partial charge in [-0.15, -0.1) is 0 Å². The second kappa shape index (κ2) is 4.14. The standard InChI is InChI=1S/C8H9N5O4S/c1-4-7(6(8(14)15)12-10-4)18(16,17)13-5-2-3-9-11-5/h2-3H,1H3,(H,10,12)(H,14,15)(H2,9,11,13). The molecule has 4 N–H and O–H groups in total. The minimum atomic E-state index is -4.04. The Hall–Kier alpha value is -2.36. The molecule has 0 bridgehead atoms. The second-order valence-corrected chi connectivity index (χ2v) is 5.03. The molecule has 0 fully saturated rings. The van der Waals surface area contributed by atoms with Gasteiger partial charge in [0.15, 0.2) is 5.69 Å². The van der Waals surface area contributed by atoms with Crippen molar-refractivity contribution in [3.63, 3.8) is 0 Å². The van der Waals surface area contributed by atoms with Crippen molar-refractivity contribution in [2.24, 2.45) is 0 Å². The molecule has 0 aliphatic carbocycles. The van der Waals surface area contributed by atoms with E-state index in [1.54, 1.807) is 0 Å². The number of aromatic nitrogens is 4. The highest BCUT2D eigenvalue weighted by molar-refractivity contribution is 7.92. The molecule has 0 aliphatic heterocycles. The SMILES string of the molecule is Cc1[nH]nc(C(=O)O)c1S(=O)(=O)Nc1ccn[nH]1. The molecule has 96 valence electrons. The molecule has 2 heterocycles.